The van der Waals surface area contributed by atoms with Crippen LogP contribution in [0.25, 0.3) is 0 Å². The first kappa shape index (κ1) is 11.9. The highest BCUT2D eigenvalue weighted by Crippen LogP contribution is 2.19. The molecule has 0 aliphatic rings. The Morgan fingerprint density at radius 2 is 1.73 bits per heavy atom. The molecular formula is C13H19NO. The van der Waals surface area contributed by atoms with Gasteiger partial charge in [-0.1, -0.05) is 44.2 Å². The predicted molar refractivity (Wildman–Crippen MR) is 62.4 cm³/mol. The largest absolute Gasteiger partial charge is 0.318 e. The third-order valence-corrected chi connectivity index (χ3v) is 2.85. The van der Waals surface area contributed by atoms with Crippen LogP contribution in [0.5, 0.6) is 0 Å². The highest BCUT2D eigenvalue weighted by molar-refractivity contribution is 5.87. The highest BCUT2D eigenvalue weighted by atomic mass is 16.1. The molecule has 0 aliphatic heterocycles. The molecule has 1 aromatic carbocycles. The van der Waals surface area contributed by atoms with Gasteiger partial charge in [0.15, 0.2) is 5.78 Å². The summed E-state index contributed by atoms with van der Waals surface area (Å²) >= 11 is 0. The second-order valence-electron chi connectivity index (χ2n) is 3.80. The van der Waals surface area contributed by atoms with Crippen LogP contribution in [0.4, 0.5) is 0 Å². The molecule has 0 spiro atoms. The Balaban J connectivity index is 2.76. The van der Waals surface area contributed by atoms with Gasteiger partial charge in [-0.2, -0.15) is 0 Å². The Labute approximate surface area is 91.5 Å². The summed E-state index contributed by atoms with van der Waals surface area (Å²) in [5.41, 5.74) is 6.85. The summed E-state index contributed by atoms with van der Waals surface area (Å²) in [4.78, 5) is 12.0. The molecule has 0 saturated carbocycles. The lowest BCUT2D eigenvalue weighted by molar-refractivity contribution is -0.124. The smallest absolute Gasteiger partial charge is 0.157 e. The molecule has 0 aromatic heterocycles. The fourth-order valence-electron chi connectivity index (χ4n) is 1.77. The first-order valence-corrected chi connectivity index (χ1v) is 5.54. The molecule has 0 aliphatic carbocycles. The molecule has 0 radical (unpaired) electrons. The Morgan fingerprint density at radius 1 is 1.20 bits per heavy atom. The molecule has 0 heterocycles. The maximum Gasteiger partial charge on any atom is 0.157 e. The van der Waals surface area contributed by atoms with Gasteiger partial charge in [-0.3, -0.25) is 4.79 Å². The summed E-state index contributed by atoms with van der Waals surface area (Å²) in [5, 5.41) is 0. The standard InChI is InChI=1S/C13H19NO/c1-3-10(4-2)13(15)12(14)11-8-6-5-7-9-11/h5-10,12H,3-4,14H2,1-2H3/t12-/m1/s1. The maximum atomic E-state index is 12.0. The number of carbonyl (C=O) groups is 1. The van der Waals surface area contributed by atoms with E-state index in [0.717, 1.165) is 18.4 Å². The van der Waals surface area contributed by atoms with Gasteiger partial charge in [0.2, 0.25) is 0 Å². The van der Waals surface area contributed by atoms with E-state index in [9.17, 15) is 4.79 Å². The van der Waals surface area contributed by atoms with Crippen molar-refractivity contribution in [2.24, 2.45) is 11.7 Å². The Kier molecular flexibility index (Phi) is 4.50. The zero-order valence-electron chi connectivity index (χ0n) is 9.44. The number of carbonyl (C=O) groups excluding carboxylic acids is 1. The molecule has 0 unspecified atom stereocenters. The molecule has 2 N–H and O–H groups in total. The lowest BCUT2D eigenvalue weighted by atomic mass is 9.90. The van der Waals surface area contributed by atoms with Gasteiger partial charge in [0.05, 0.1) is 6.04 Å². The third-order valence-electron chi connectivity index (χ3n) is 2.85. The van der Waals surface area contributed by atoms with E-state index >= 15 is 0 Å². The lowest BCUT2D eigenvalue weighted by Crippen LogP contribution is -2.27. The van der Waals surface area contributed by atoms with Crippen molar-refractivity contribution in [3.05, 3.63) is 35.9 Å². The topological polar surface area (TPSA) is 43.1 Å². The normalized spacial score (nSPS) is 12.8. The second-order valence-corrected chi connectivity index (χ2v) is 3.80. The van der Waals surface area contributed by atoms with E-state index in [0.29, 0.717) is 0 Å². The van der Waals surface area contributed by atoms with E-state index in [-0.39, 0.29) is 11.7 Å². The van der Waals surface area contributed by atoms with Gasteiger partial charge in [-0.15, -0.1) is 0 Å². The molecule has 0 amide bonds. The zero-order valence-corrected chi connectivity index (χ0v) is 9.44. The van der Waals surface area contributed by atoms with E-state index in [2.05, 4.69) is 0 Å². The molecule has 1 aromatic rings. The summed E-state index contributed by atoms with van der Waals surface area (Å²) in [6.07, 6.45) is 1.74. The average Bonchev–Trinajstić information content (AvgIpc) is 2.30. The summed E-state index contributed by atoms with van der Waals surface area (Å²) < 4.78 is 0. The molecule has 15 heavy (non-hydrogen) atoms. The fraction of sp³-hybridized carbons (Fsp3) is 0.462. The van der Waals surface area contributed by atoms with Crippen LogP contribution in [0.2, 0.25) is 0 Å². The van der Waals surface area contributed by atoms with Crippen LogP contribution in [0.3, 0.4) is 0 Å². The molecule has 2 nitrogen and oxygen atoms in total. The van der Waals surface area contributed by atoms with Crippen LogP contribution in [0.1, 0.15) is 38.3 Å². The predicted octanol–water partition coefficient (Wildman–Crippen LogP) is 2.69. The molecule has 2 heteroatoms. The van der Waals surface area contributed by atoms with Gasteiger partial charge in [0, 0.05) is 5.92 Å². The number of Topliss-reactive ketones (excluding diaryl/α,β-unsaturated/α-hetero) is 1. The number of ketones is 1. The summed E-state index contributed by atoms with van der Waals surface area (Å²) in [6.45, 7) is 4.06. The Bertz CT molecular complexity index is 304. The maximum absolute atomic E-state index is 12.0. The van der Waals surface area contributed by atoms with E-state index < -0.39 is 6.04 Å². The minimum Gasteiger partial charge on any atom is -0.318 e. The summed E-state index contributed by atoms with van der Waals surface area (Å²) in [7, 11) is 0. The summed E-state index contributed by atoms with van der Waals surface area (Å²) in [6, 6.07) is 9.11. The van der Waals surface area contributed by atoms with Crippen molar-refractivity contribution in [3.8, 4) is 0 Å². The first-order valence-electron chi connectivity index (χ1n) is 5.54. The van der Waals surface area contributed by atoms with Crippen molar-refractivity contribution in [2.45, 2.75) is 32.7 Å². The van der Waals surface area contributed by atoms with Gasteiger partial charge in [-0.25, -0.2) is 0 Å². The van der Waals surface area contributed by atoms with Gasteiger partial charge in [-0.05, 0) is 18.4 Å². The molecule has 1 rings (SSSR count). The van der Waals surface area contributed by atoms with E-state index in [4.69, 9.17) is 5.73 Å². The molecule has 0 saturated heterocycles. The monoisotopic (exact) mass is 205 g/mol. The number of hydrogen-bond acceptors (Lipinski definition) is 2. The van der Waals surface area contributed by atoms with Crippen molar-refractivity contribution in [1.82, 2.24) is 0 Å². The highest BCUT2D eigenvalue weighted by Gasteiger charge is 2.22. The quantitative estimate of drug-likeness (QED) is 0.803. The zero-order chi connectivity index (χ0) is 11.3. The second kappa shape index (κ2) is 5.66. The van der Waals surface area contributed by atoms with E-state index in [1.54, 1.807) is 0 Å². The molecule has 1 atom stereocenters. The van der Waals surface area contributed by atoms with Gasteiger partial charge in [0.1, 0.15) is 0 Å². The number of nitrogens with two attached hydrogens (primary N) is 1. The Hall–Kier alpha value is -1.15. The minimum absolute atomic E-state index is 0.0974. The van der Waals surface area contributed by atoms with Crippen LogP contribution in [-0.4, -0.2) is 5.78 Å². The van der Waals surface area contributed by atoms with Crippen LogP contribution < -0.4 is 5.73 Å². The van der Waals surface area contributed by atoms with Gasteiger partial charge >= 0.3 is 0 Å². The van der Waals surface area contributed by atoms with Crippen LogP contribution >= 0.6 is 0 Å². The van der Waals surface area contributed by atoms with E-state index in [1.165, 1.54) is 0 Å². The van der Waals surface area contributed by atoms with Crippen LogP contribution in [0, 0.1) is 5.92 Å². The van der Waals surface area contributed by atoms with Crippen LogP contribution in [0.15, 0.2) is 30.3 Å². The van der Waals surface area contributed by atoms with Crippen molar-refractivity contribution < 1.29 is 4.79 Å². The number of hydrogen-bond donors (Lipinski definition) is 1. The third kappa shape index (κ3) is 2.90. The van der Waals surface area contributed by atoms with E-state index in [1.807, 2.05) is 44.2 Å². The SMILES string of the molecule is CCC(CC)C(=O)[C@H](N)c1ccccc1. The Morgan fingerprint density at radius 3 is 2.20 bits per heavy atom. The number of rotatable bonds is 5. The molecule has 0 bridgehead atoms. The van der Waals surface area contributed by atoms with Crippen LogP contribution in [-0.2, 0) is 4.79 Å². The average molecular weight is 205 g/mol. The van der Waals surface area contributed by atoms with Crippen molar-refractivity contribution in [3.63, 3.8) is 0 Å². The fourth-order valence-corrected chi connectivity index (χ4v) is 1.77. The number of benzene rings is 1. The molecule has 82 valence electrons. The molecule has 0 fully saturated rings. The summed E-state index contributed by atoms with van der Waals surface area (Å²) in [5.74, 6) is 0.256. The van der Waals surface area contributed by atoms with Gasteiger partial charge in [0.25, 0.3) is 0 Å². The first-order chi connectivity index (χ1) is 7.20. The lowest BCUT2D eigenvalue weighted by Gasteiger charge is -2.17. The minimum atomic E-state index is -0.462. The molecular weight excluding hydrogens is 186 g/mol. The van der Waals surface area contributed by atoms with Crippen molar-refractivity contribution >= 4 is 5.78 Å². The van der Waals surface area contributed by atoms with Crippen molar-refractivity contribution in [2.75, 3.05) is 0 Å². The van der Waals surface area contributed by atoms with Crippen molar-refractivity contribution in [1.29, 1.82) is 0 Å². The van der Waals surface area contributed by atoms with Gasteiger partial charge < -0.3 is 5.73 Å².